The summed E-state index contributed by atoms with van der Waals surface area (Å²) >= 11 is 0. The Labute approximate surface area is 457 Å². The minimum Gasteiger partial charge on any atom is -0.466 e. The van der Waals surface area contributed by atoms with Gasteiger partial charge in [-0.25, -0.2) is 0 Å². The van der Waals surface area contributed by atoms with E-state index < -0.39 is 12.1 Å². The van der Waals surface area contributed by atoms with Crippen molar-refractivity contribution in [2.75, 3.05) is 13.2 Å². The van der Waals surface area contributed by atoms with Crippen LogP contribution in [0.2, 0.25) is 0 Å². The third-order valence-corrected chi connectivity index (χ3v) is 15.8. The van der Waals surface area contributed by atoms with E-state index in [2.05, 4.69) is 31.3 Å². The van der Waals surface area contributed by atoms with Gasteiger partial charge in [0.1, 0.15) is 0 Å². The van der Waals surface area contributed by atoms with Crippen molar-refractivity contribution < 1.29 is 24.5 Å². The SMILES string of the molecule is CCCCCCC/C=C\CCCCCCCC(=O)OCCCCCCCCCCCCCCCCCCCCCCCCCCC(=O)NC(CO)C(O)CCCCCCCCCCCCCCCCCCCC. The number of carbonyl (C=O) groups excluding carboxylic acids is 2. The molecule has 0 fully saturated rings. The number of amides is 1. The van der Waals surface area contributed by atoms with Gasteiger partial charge in [-0.3, -0.25) is 9.59 Å². The molecule has 0 rings (SSSR count). The Morgan fingerprint density at radius 3 is 0.973 bits per heavy atom. The van der Waals surface area contributed by atoms with Crippen molar-refractivity contribution in [1.82, 2.24) is 5.32 Å². The van der Waals surface area contributed by atoms with Crippen LogP contribution in [-0.2, 0) is 14.3 Å². The first-order valence-electron chi connectivity index (χ1n) is 33.4. The second kappa shape index (κ2) is 63.1. The first-order valence-corrected chi connectivity index (χ1v) is 33.4. The number of allylic oxidation sites excluding steroid dienone is 2. The predicted octanol–water partition coefficient (Wildman–Crippen LogP) is 21.2. The van der Waals surface area contributed by atoms with Crippen LogP contribution in [-0.4, -0.2) is 47.4 Å². The molecule has 0 aliphatic heterocycles. The molecule has 0 radical (unpaired) electrons. The maximum absolute atomic E-state index is 12.5. The van der Waals surface area contributed by atoms with Crippen molar-refractivity contribution >= 4 is 11.9 Å². The van der Waals surface area contributed by atoms with E-state index in [4.69, 9.17) is 4.74 Å². The lowest BCUT2D eigenvalue weighted by atomic mass is 10.0. The minimum atomic E-state index is -0.663. The van der Waals surface area contributed by atoms with Gasteiger partial charge in [0, 0.05) is 12.8 Å². The van der Waals surface area contributed by atoms with Gasteiger partial charge in [0.15, 0.2) is 0 Å². The molecule has 0 aromatic rings. The second-order valence-corrected chi connectivity index (χ2v) is 23.2. The maximum Gasteiger partial charge on any atom is 0.305 e. The van der Waals surface area contributed by atoms with Crippen molar-refractivity contribution in [2.45, 2.75) is 392 Å². The van der Waals surface area contributed by atoms with Crippen molar-refractivity contribution in [3.63, 3.8) is 0 Å². The summed E-state index contributed by atoms with van der Waals surface area (Å²) in [4.78, 5) is 24.6. The number of aliphatic hydroxyl groups is 2. The van der Waals surface area contributed by atoms with Crippen LogP contribution in [0, 0.1) is 0 Å². The standard InChI is InChI=1S/C67H131NO5/c1-3-5-7-9-11-13-15-17-19-20-29-32-35-39-43-47-51-55-59-65(70)64(63-69)68-66(71)60-56-52-48-44-40-36-33-30-27-25-23-21-22-24-26-28-31-34-38-42-46-50-54-58-62-73-67(72)61-57-53-49-45-41-37-18-16-14-12-10-8-6-4-2/h16,18,64-65,69-70H,3-15,17,19-63H2,1-2H3,(H,68,71)/b18-16-. The Hall–Kier alpha value is -1.40. The second-order valence-electron chi connectivity index (χ2n) is 23.2. The van der Waals surface area contributed by atoms with E-state index in [0.717, 1.165) is 44.9 Å². The smallest absolute Gasteiger partial charge is 0.305 e. The van der Waals surface area contributed by atoms with Gasteiger partial charge < -0.3 is 20.3 Å². The first kappa shape index (κ1) is 71.6. The number of nitrogens with one attached hydrogen (secondary N) is 1. The molecule has 0 aliphatic carbocycles. The van der Waals surface area contributed by atoms with Crippen LogP contribution >= 0.6 is 0 Å². The average molecular weight is 1030 g/mol. The molecular formula is C67H131NO5. The van der Waals surface area contributed by atoms with Gasteiger partial charge >= 0.3 is 5.97 Å². The Morgan fingerprint density at radius 2 is 0.644 bits per heavy atom. The van der Waals surface area contributed by atoms with Crippen molar-refractivity contribution in [3.05, 3.63) is 12.2 Å². The molecule has 434 valence electrons. The fourth-order valence-electron chi connectivity index (χ4n) is 10.7. The van der Waals surface area contributed by atoms with Crippen molar-refractivity contribution in [1.29, 1.82) is 0 Å². The Balaban J connectivity index is 3.36. The lowest BCUT2D eigenvalue weighted by Gasteiger charge is -2.22. The van der Waals surface area contributed by atoms with Gasteiger partial charge in [-0.15, -0.1) is 0 Å². The van der Waals surface area contributed by atoms with Gasteiger partial charge in [0.05, 0.1) is 25.4 Å². The zero-order chi connectivity index (χ0) is 52.9. The molecule has 0 saturated heterocycles. The van der Waals surface area contributed by atoms with Crippen LogP contribution in [0.5, 0.6) is 0 Å². The summed E-state index contributed by atoms with van der Waals surface area (Å²) in [5.41, 5.74) is 0. The summed E-state index contributed by atoms with van der Waals surface area (Å²) in [6, 6.07) is -0.540. The van der Waals surface area contributed by atoms with Gasteiger partial charge in [-0.05, 0) is 51.4 Å². The van der Waals surface area contributed by atoms with E-state index in [1.165, 1.54) is 302 Å². The van der Waals surface area contributed by atoms with Gasteiger partial charge in [0.2, 0.25) is 5.91 Å². The van der Waals surface area contributed by atoms with Crippen LogP contribution in [0.25, 0.3) is 0 Å². The molecule has 0 bridgehead atoms. The third-order valence-electron chi connectivity index (χ3n) is 15.8. The third kappa shape index (κ3) is 59.7. The molecule has 0 heterocycles. The van der Waals surface area contributed by atoms with Crippen LogP contribution in [0.15, 0.2) is 12.2 Å². The fourth-order valence-corrected chi connectivity index (χ4v) is 10.7. The molecule has 1 amide bonds. The van der Waals surface area contributed by atoms with Gasteiger partial charge in [-0.1, -0.05) is 328 Å². The molecule has 0 aliphatic rings. The lowest BCUT2D eigenvalue weighted by Crippen LogP contribution is -2.45. The van der Waals surface area contributed by atoms with Gasteiger partial charge in [0.25, 0.3) is 0 Å². The summed E-state index contributed by atoms with van der Waals surface area (Å²) in [6.45, 7) is 4.98. The summed E-state index contributed by atoms with van der Waals surface area (Å²) in [7, 11) is 0. The van der Waals surface area contributed by atoms with Crippen molar-refractivity contribution in [2.24, 2.45) is 0 Å². The largest absolute Gasteiger partial charge is 0.466 e. The highest BCUT2D eigenvalue weighted by atomic mass is 16.5. The van der Waals surface area contributed by atoms with Crippen LogP contribution in [0.3, 0.4) is 0 Å². The van der Waals surface area contributed by atoms with E-state index in [-0.39, 0.29) is 18.5 Å². The maximum atomic E-state index is 12.5. The molecule has 3 N–H and O–H groups in total. The molecule has 0 spiro atoms. The van der Waals surface area contributed by atoms with E-state index in [0.29, 0.717) is 25.9 Å². The van der Waals surface area contributed by atoms with Crippen LogP contribution in [0.1, 0.15) is 380 Å². The minimum absolute atomic E-state index is 0.00783. The first-order chi connectivity index (χ1) is 36.0. The molecule has 6 nitrogen and oxygen atoms in total. The average Bonchev–Trinajstić information content (AvgIpc) is 3.39. The summed E-state index contributed by atoms with van der Waals surface area (Å²) in [5, 5.41) is 23.4. The zero-order valence-corrected chi connectivity index (χ0v) is 49.6. The molecule has 0 aromatic carbocycles. The van der Waals surface area contributed by atoms with E-state index >= 15 is 0 Å². The number of ether oxygens (including phenoxy) is 1. The number of unbranched alkanes of at least 4 members (excludes halogenated alkanes) is 50. The Kier molecular flexibility index (Phi) is 61.9. The summed E-state index contributed by atoms with van der Waals surface area (Å²) < 4.78 is 5.48. The summed E-state index contributed by atoms with van der Waals surface area (Å²) in [6.07, 6.45) is 76.7. The summed E-state index contributed by atoms with van der Waals surface area (Å²) in [5.74, 6) is -0.0221. The Morgan fingerprint density at radius 1 is 0.370 bits per heavy atom. The zero-order valence-electron chi connectivity index (χ0n) is 49.6. The van der Waals surface area contributed by atoms with E-state index in [9.17, 15) is 19.8 Å². The Bertz CT molecular complexity index is 1100. The predicted molar refractivity (Wildman–Crippen MR) is 320 cm³/mol. The molecule has 2 atom stereocenters. The van der Waals surface area contributed by atoms with Gasteiger partial charge in [-0.2, -0.15) is 0 Å². The monoisotopic (exact) mass is 1030 g/mol. The number of rotatable bonds is 63. The van der Waals surface area contributed by atoms with Crippen LogP contribution in [0.4, 0.5) is 0 Å². The van der Waals surface area contributed by atoms with Crippen LogP contribution < -0.4 is 5.32 Å². The fraction of sp³-hybridized carbons (Fsp3) is 0.940. The highest BCUT2D eigenvalue weighted by molar-refractivity contribution is 5.76. The number of carbonyl (C=O) groups is 2. The highest BCUT2D eigenvalue weighted by Gasteiger charge is 2.20. The molecule has 73 heavy (non-hydrogen) atoms. The quantitative estimate of drug-likeness (QED) is 0.0320. The van der Waals surface area contributed by atoms with E-state index in [1.54, 1.807) is 0 Å². The number of esters is 1. The molecule has 2 unspecified atom stereocenters. The topological polar surface area (TPSA) is 95.9 Å². The van der Waals surface area contributed by atoms with Crippen molar-refractivity contribution in [3.8, 4) is 0 Å². The van der Waals surface area contributed by atoms with E-state index in [1.807, 2.05) is 0 Å². The molecule has 0 aromatic heterocycles. The molecular weight excluding hydrogens is 899 g/mol. The molecule has 0 saturated carbocycles. The lowest BCUT2D eigenvalue weighted by molar-refractivity contribution is -0.143. The number of aliphatic hydroxyl groups excluding tert-OH is 2. The highest BCUT2D eigenvalue weighted by Crippen LogP contribution is 2.19. The molecule has 6 heteroatoms. The normalized spacial score (nSPS) is 12.5. The number of hydrogen-bond acceptors (Lipinski definition) is 5. The number of hydrogen-bond donors (Lipinski definition) is 3.